The average molecular weight is 488 g/mol. The molecule has 5 amide bonds. The Labute approximate surface area is 204 Å². The summed E-state index contributed by atoms with van der Waals surface area (Å²) in [6.07, 6.45) is 1.19. The Morgan fingerprint density at radius 3 is 2.29 bits per heavy atom. The Kier molecular flexibility index (Phi) is 8.31. The maximum Gasteiger partial charge on any atom is 0.243 e. The van der Waals surface area contributed by atoms with Crippen molar-refractivity contribution in [1.82, 2.24) is 26.2 Å². The zero-order chi connectivity index (χ0) is 25.7. The van der Waals surface area contributed by atoms with Crippen molar-refractivity contribution < 1.29 is 29.1 Å². The van der Waals surface area contributed by atoms with Crippen LogP contribution in [0.3, 0.4) is 0 Å². The molecule has 5 N–H and O–H groups in total. The number of amides is 5. The first-order valence-corrected chi connectivity index (χ1v) is 11.8. The predicted octanol–water partition coefficient (Wildman–Crippen LogP) is -0.814. The summed E-state index contributed by atoms with van der Waals surface area (Å²) in [6.45, 7) is 5.11. The van der Waals surface area contributed by atoms with E-state index in [0.717, 1.165) is 0 Å². The zero-order valence-electron chi connectivity index (χ0n) is 20.2. The van der Waals surface area contributed by atoms with Gasteiger partial charge in [0.15, 0.2) is 0 Å². The van der Waals surface area contributed by atoms with Gasteiger partial charge in [0.1, 0.15) is 29.9 Å². The number of hydrogen-bond acceptors (Lipinski definition) is 6. The molecular formula is C24H33N5O6. The molecule has 0 unspecified atom stereocenters. The van der Waals surface area contributed by atoms with Gasteiger partial charge in [0.25, 0.3) is 0 Å². The van der Waals surface area contributed by atoms with Gasteiger partial charge in [-0.3, -0.25) is 24.0 Å². The molecule has 3 rings (SSSR count). The van der Waals surface area contributed by atoms with E-state index in [1.165, 1.54) is 24.0 Å². The molecule has 0 bridgehead atoms. The fraction of sp³-hybridized carbons (Fsp3) is 0.542. The van der Waals surface area contributed by atoms with E-state index >= 15 is 0 Å². The summed E-state index contributed by atoms with van der Waals surface area (Å²) in [7, 11) is 0. The van der Waals surface area contributed by atoms with Crippen LogP contribution in [0.2, 0.25) is 0 Å². The van der Waals surface area contributed by atoms with Crippen LogP contribution in [-0.4, -0.2) is 76.8 Å². The van der Waals surface area contributed by atoms with Gasteiger partial charge in [-0.1, -0.05) is 26.0 Å². The Hall–Kier alpha value is -3.63. The van der Waals surface area contributed by atoms with Crippen LogP contribution in [0.5, 0.6) is 5.75 Å². The number of fused-ring (bicyclic) bond motifs is 1. The Bertz CT molecular complexity index is 979. The summed E-state index contributed by atoms with van der Waals surface area (Å²) in [5.74, 6) is -2.78. The van der Waals surface area contributed by atoms with E-state index in [1.54, 1.807) is 26.0 Å². The molecule has 35 heavy (non-hydrogen) atoms. The molecule has 0 radical (unpaired) electrons. The number of carbonyl (C=O) groups excluding carboxylic acids is 5. The number of nitrogens with one attached hydrogen (secondary N) is 4. The second-order valence-electron chi connectivity index (χ2n) is 9.36. The average Bonchev–Trinajstić information content (AvgIpc) is 3.30. The second-order valence-corrected chi connectivity index (χ2v) is 9.36. The van der Waals surface area contributed by atoms with Crippen LogP contribution in [0, 0.1) is 5.92 Å². The SMILES string of the molecule is CC(C)[C@@H]1NC(=O)[C@H]2CCCN2C(=O)CNC(=O)[C@H](C)NC(=O)[C@@H](Cc2ccc(O)cc2)NC1=O. The van der Waals surface area contributed by atoms with E-state index in [9.17, 15) is 29.1 Å². The van der Waals surface area contributed by atoms with Crippen LogP contribution in [0.4, 0.5) is 0 Å². The molecule has 2 aliphatic heterocycles. The molecule has 2 aliphatic rings. The molecule has 1 aromatic rings. The molecular weight excluding hydrogens is 454 g/mol. The number of rotatable bonds is 3. The first-order chi connectivity index (χ1) is 16.6. The van der Waals surface area contributed by atoms with Crippen molar-refractivity contribution >= 4 is 29.5 Å². The third-order valence-corrected chi connectivity index (χ3v) is 6.30. The van der Waals surface area contributed by atoms with Crippen molar-refractivity contribution in [2.75, 3.05) is 13.1 Å². The zero-order valence-corrected chi connectivity index (χ0v) is 20.2. The number of hydrogen-bond donors (Lipinski definition) is 5. The van der Waals surface area contributed by atoms with Crippen LogP contribution in [0.1, 0.15) is 39.2 Å². The number of phenolic OH excluding ortho intramolecular Hbond substituents is 1. The van der Waals surface area contributed by atoms with E-state index in [0.29, 0.717) is 24.9 Å². The van der Waals surface area contributed by atoms with Crippen LogP contribution >= 0.6 is 0 Å². The van der Waals surface area contributed by atoms with Gasteiger partial charge in [0, 0.05) is 13.0 Å². The van der Waals surface area contributed by atoms with Crippen LogP contribution in [0.15, 0.2) is 24.3 Å². The minimum atomic E-state index is -1.05. The standard InChI is InChI=1S/C24H33N5O6/c1-13(2)20-24(35)27-17(11-15-6-8-16(30)9-7-15)22(33)26-14(3)21(32)25-12-19(31)29-10-4-5-18(29)23(34)28-20/h6-9,13-14,17-18,20,30H,4-5,10-12H2,1-3H3,(H,25,32)(H,26,33)(H,27,35)(H,28,34)/t14-,17+,18+,20-/m0/s1. The fourth-order valence-corrected chi connectivity index (χ4v) is 4.26. The van der Waals surface area contributed by atoms with Crippen molar-refractivity contribution in [2.24, 2.45) is 5.92 Å². The minimum Gasteiger partial charge on any atom is -0.508 e. The van der Waals surface area contributed by atoms with Crippen molar-refractivity contribution in [3.63, 3.8) is 0 Å². The van der Waals surface area contributed by atoms with Gasteiger partial charge in [0.05, 0.1) is 6.54 Å². The van der Waals surface area contributed by atoms with Gasteiger partial charge in [-0.15, -0.1) is 0 Å². The van der Waals surface area contributed by atoms with Crippen molar-refractivity contribution in [3.05, 3.63) is 29.8 Å². The first-order valence-electron chi connectivity index (χ1n) is 11.8. The van der Waals surface area contributed by atoms with Crippen LogP contribution in [0.25, 0.3) is 0 Å². The Balaban J connectivity index is 1.90. The lowest BCUT2D eigenvalue weighted by Crippen LogP contribution is -2.58. The number of nitrogens with zero attached hydrogens (tertiary/aromatic N) is 1. The van der Waals surface area contributed by atoms with Gasteiger partial charge in [-0.05, 0) is 43.4 Å². The van der Waals surface area contributed by atoms with E-state index in [2.05, 4.69) is 21.3 Å². The summed E-state index contributed by atoms with van der Waals surface area (Å²) >= 11 is 0. The van der Waals surface area contributed by atoms with Crippen molar-refractivity contribution in [2.45, 2.75) is 64.2 Å². The molecule has 4 atom stereocenters. The highest BCUT2D eigenvalue weighted by Gasteiger charge is 2.37. The number of carbonyl (C=O) groups is 5. The van der Waals surface area contributed by atoms with E-state index in [1.807, 2.05) is 0 Å². The van der Waals surface area contributed by atoms with E-state index in [-0.39, 0.29) is 24.6 Å². The van der Waals surface area contributed by atoms with E-state index in [4.69, 9.17) is 0 Å². The highest BCUT2D eigenvalue weighted by atomic mass is 16.3. The Morgan fingerprint density at radius 2 is 1.63 bits per heavy atom. The molecule has 11 heteroatoms. The molecule has 2 fully saturated rings. The topological polar surface area (TPSA) is 157 Å². The predicted molar refractivity (Wildman–Crippen MR) is 126 cm³/mol. The molecule has 0 aliphatic carbocycles. The molecule has 190 valence electrons. The second kappa shape index (κ2) is 11.2. The maximum absolute atomic E-state index is 13.2. The van der Waals surface area contributed by atoms with Crippen LogP contribution < -0.4 is 21.3 Å². The van der Waals surface area contributed by atoms with Gasteiger partial charge in [0.2, 0.25) is 29.5 Å². The lowest BCUT2D eigenvalue weighted by Gasteiger charge is -2.28. The van der Waals surface area contributed by atoms with Gasteiger partial charge in [-0.2, -0.15) is 0 Å². The van der Waals surface area contributed by atoms with Gasteiger partial charge in [-0.25, -0.2) is 0 Å². The maximum atomic E-state index is 13.2. The summed E-state index contributed by atoms with van der Waals surface area (Å²) in [4.78, 5) is 66.0. The highest BCUT2D eigenvalue weighted by Crippen LogP contribution is 2.18. The number of phenols is 1. The number of aromatic hydroxyl groups is 1. The molecule has 0 saturated carbocycles. The largest absolute Gasteiger partial charge is 0.508 e. The lowest BCUT2D eigenvalue weighted by molar-refractivity contribution is -0.140. The van der Waals surface area contributed by atoms with Crippen molar-refractivity contribution in [3.8, 4) is 5.75 Å². The third kappa shape index (κ3) is 6.49. The highest BCUT2D eigenvalue weighted by molar-refractivity contribution is 5.97. The minimum absolute atomic E-state index is 0.0627. The fourth-order valence-electron chi connectivity index (χ4n) is 4.26. The van der Waals surface area contributed by atoms with E-state index < -0.39 is 53.7 Å². The van der Waals surface area contributed by atoms with Crippen molar-refractivity contribution in [1.29, 1.82) is 0 Å². The molecule has 1 aromatic carbocycles. The molecule has 11 nitrogen and oxygen atoms in total. The Morgan fingerprint density at radius 1 is 0.943 bits per heavy atom. The summed E-state index contributed by atoms with van der Waals surface area (Å²) in [5, 5.41) is 20.1. The smallest absolute Gasteiger partial charge is 0.243 e. The van der Waals surface area contributed by atoms with Crippen LogP contribution in [-0.2, 0) is 30.4 Å². The molecule has 0 aromatic heterocycles. The van der Waals surface area contributed by atoms with Gasteiger partial charge >= 0.3 is 0 Å². The quantitative estimate of drug-likeness (QED) is 0.375. The number of benzene rings is 1. The normalized spacial score (nSPS) is 26.7. The molecule has 2 heterocycles. The lowest BCUT2D eigenvalue weighted by atomic mass is 10.00. The summed E-state index contributed by atoms with van der Waals surface area (Å²) in [6, 6.07) is 2.52. The summed E-state index contributed by atoms with van der Waals surface area (Å²) < 4.78 is 0. The monoisotopic (exact) mass is 487 g/mol. The molecule has 2 saturated heterocycles. The van der Waals surface area contributed by atoms with Gasteiger partial charge < -0.3 is 31.3 Å². The third-order valence-electron chi connectivity index (χ3n) is 6.30. The molecule has 0 spiro atoms. The first kappa shape index (κ1) is 26.0. The summed E-state index contributed by atoms with van der Waals surface area (Å²) in [5.41, 5.74) is 0.676.